The maximum absolute atomic E-state index is 12.1. The molecule has 4 heteroatoms. The second-order valence-electron chi connectivity index (χ2n) is 12.1. The van der Waals surface area contributed by atoms with Crippen molar-refractivity contribution < 1.29 is 19.1 Å². The highest BCUT2D eigenvalue weighted by Crippen LogP contribution is 2.82. The molecule has 3 fully saturated rings. The smallest absolute Gasteiger partial charge is 0.304 e. The number of hydrogen-bond donors (Lipinski definition) is 0. The van der Waals surface area contributed by atoms with E-state index in [1.807, 2.05) is 0 Å². The first-order valence-corrected chi connectivity index (χ1v) is 12.3. The summed E-state index contributed by atoms with van der Waals surface area (Å²) in [4.78, 5) is 23.7. The second-order valence-corrected chi connectivity index (χ2v) is 12.1. The van der Waals surface area contributed by atoms with Crippen LogP contribution in [0.4, 0.5) is 0 Å². The number of ether oxygens (including phenoxy) is 2. The molecule has 7 unspecified atom stereocenters. The molecule has 0 saturated heterocycles. The highest BCUT2D eigenvalue weighted by Gasteiger charge is 2.78. The number of allylic oxidation sites excluding steroid dienone is 1. The normalized spacial score (nSPS) is 49.6. The van der Waals surface area contributed by atoms with Gasteiger partial charge in [0.15, 0.2) is 5.60 Å². The maximum atomic E-state index is 12.1. The molecule has 0 heterocycles. The van der Waals surface area contributed by atoms with E-state index >= 15 is 0 Å². The highest BCUT2D eigenvalue weighted by molar-refractivity contribution is 5.67. The van der Waals surface area contributed by atoms with E-state index in [-0.39, 0.29) is 45.1 Å². The minimum atomic E-state index is -0.831. The van der Waals surface area contributed by atoms with Crippen LogP contribution in [0.2, 0.25) is 0 Å². The molecule has 0 radical (unpaired) electrons. The van der Waals surface area contributed by atoms with E-state index in [4.69, 9.17) is 15.9 Å². The van der Waals surface area contributed by atoms with Crippen LogP contribution in [0.15, 0.2) is 11.6 Å². The lowest BCUT2D eigenvalue weighted by Crippen LogP contribution is -2.68. The third-order valence-corrected chi connectivity index (χ3v) is 11.7. The van der Waals surface area contributed by atoms with E-state index in [0.29, 0.717) is 0 Å². The molecule has 7 atom stereocenters. The van der Waals surface area contributed by atoms with Crippen LogP contribution in [0, 0.1) is 39.4 Å². The van der Waals surface area contributed by atoms with Crippen LogP contribution < -0.4 is 0 Å². The van der Waals surface area contributed by atoms with Crippen molar-refractivity contribution in [2.45, 2.75) is 112 Å². The van der Waals surface area contributed by atoms with E-state index in [2.05, 4.69) is 46.6 Å². The summed E-state index contributed by atoms with van der Waals surface area (Å²) in [6.45, 7) is 15.1. The van der Waals surface area contributed by atoms with E-state index in [0.717, 1.165) is 51.4 Å². The van der Waals surface area contributed by atoms with Gasteiger partial charge in [0, 0.05) is 19.3 Å². The summed E-state index contributed by atoms with van der Waals surface area (Å²) in [5.74, 6) is 2.50. The Labute approximate surface area is 193 Å². The molecule has 0 aliphatic heterocycles. The van der Waals surface area contributed by atoms with E-state index in [1.165, 1.54) is 19.4 Å². The topological polar surface area (TPSA) is 52.6 Å². The third kappa shape index (κ3) is 2.52. The van der Waals surface area contributed by atoms with Crippen molar-refractivity contribution >= 4 is 11.9 Å². The van der Waals surface area contributed by atoms with Crippen LogP contribution in [0.1, 0.15) is 99.8 Å². The monoisotopic (exact) mass is 440 g/mol. The lowest BCUT2D eigenvalue weighted by atomic mass is 9.30. The van der Waals surface area contributed by atoms with E-state index < -0.39 is 5.60 Å². The highest BCUT2D eigenvalue weighted by atomic mass is 16.6. The van der Waals surface area contributed by atoms with Crippen LogP contribution in [-0.2, 0) is 19.1 Å². The van der Waals surface area contributed by atoms with Crippen molar-refractivity contribution in [3.63, 3.8) is 0 Å². The first-order valence-electron chi connectivity index (χ1n) is 12.3. The number of carbonyl (C=O) groups is 2. The van der Waals surface area contributed by atoms with Crippen LogP contribution >= 0.6 is 0 Å². The van der Waals surface area contributed by atoms with Gasteiger partial charge in [-0.3, -0.25) is 9.59 Å². The van der Waals surface area contributed by atoms with Gasteiger partial charge in [0.1, 0.15) is 6.10 Å². The lowest BCUT2D eigenvalue weighted by Gasteiger charge is -2.73. The van der Waals surface area contributed by atoms with Crippen molar-refractivity contribution in [3.05, 3.63) is 11.6 Å². The average Bonchev–Trinajstić information content (AvgIpc) is 2.94. The molecule has 0 amide bonds. The van der Waals surface area contributed by atoms with Crippen LogP contribution in [-0.4, -0.2) is 23.6 Å². The zero-order valence-electron chi connectivity index (χ0n) is 21.0. The maximum Gasteiger partial charge on any atom is 0.304 e. The van der Waals surface area contributed by atoms with E-state index in [1.54, 1.807) is 0 Å². The fourth-order valence-electron chi connectivity index (χ4n) is 9.04. The van der Waals surface area contributed by atoms with Gasteiger partial charge in [-0.2, -0.15) is 0 Å². The van der Waals surface area contributed by atoms with Gasteiger partial charge >= 0.3 is 11.9 Å². The molecule has 4 aliphatic carbocycles. The third-order valence-electron chi connectivity index (χ3n) is 11.7. The predicted molar refractivity (Wildman–Crippen MR) is 124 cm³/mol. The number of hydrogen-bond acceptors (Lipinski definition) is 4. The van der Waals surface area contributed by atoms with Gasteiger partial charge in [0.2, 0.25) is 0 Å². The summed E-state index contributed by atoms with van der Waals surface area (Å²) in [6, 6.07) is 0. The number of carbonyl (C=O) groups excluding carboxylic acids is 2. The first-order chi connectivity index (χ1) is 14.7. The van der Waals surface area contributed by atoms with Gasteiger partial charge in [-0.25, -0.2) is 0 Å². The molecule has 0 spiro atoms. The van der Waals surface area contributed by atoms with Crippen molar-refractivity contribution in [1.82, 2.24) is 0 Å². The van der Waals surface area contributed by atoms with Crippen LogP contribution in [0.25, 0.3) is 0 Å². The van der Waals surface area contributed by atoms with Gasteiger partial charge in [-0.05, 0) is 79.1 Å². The van der Waals surface area contributed by atoms with Gasteiger partial charge < -0.3 is 9.47 Å². The Morgan fingerprint density at radius 3 is 2.06 bits per heavy atom. The first kappa shape index (κ1) is 23.4. The Hall–Kier alpha value is -1.76. The SMILES string of the molecule is C#CC1(OC(C)=O)CCC2(C)C1(C)CCC1(C)C3(C)CCC(OC(C)=O)C=C3CCC12C. The zero-order chi connectivity index (χ0) is 23.8. The summed E-state index contributed by atoms with van der Waals surface area (Å²) < 4.78 is 11.6. The van der Waals surface area contributed by atoms with E-state index in [9.17, 15) is 9.59 Å². The predicted octanol–water partition coefficient (Wildman–Crippen LogP) is 5.99. The fraction of sp³-hybridized carbons (Fsp3) is 0.786. The Bertz CT molecular complexity index is 928. The molecule has 0 bridgehead atoms. The quantitative estimate of drug-likeness (QED) is 0.301. The molecule has 3 saturated carbocycles. The number of fused-ring (bicyclic) bond motifs is 5. The van der Waals surface area contributed by atoms with Gasteiger partial charge in [-0.1, -0.05) is 46.1 Å². The molecule has 176 valence electrons. The Balaban J connectivity index is 1.79. The summed E-state index contributed by atoms with van der Waals surface area (Å²) in [7, 11) is 0. The summed E-state index contributed by atoms with van der Waals surface area (Å²) >= 11 is 0. The van der Waals surface area contributed by atoms with Crippen LogP contribution in [0.3, 0.4) is 0 Å². The standard InChI is InChI=1S/C28H40O4/c1-9-28(32-20(3)30)17-16-26(7)25(6)13-10-21-18-22(31-19(2)29)11-12-23(21,4)24(25,5)14-15-27(26,28)8/h1,18,22H,10-17H2,2-8H3. The summed E-state index contributed by atoms with van der Waals surface area (Å²) in [5, 5.41) is 0. The molecular formula is C28H40O4. The van der Waals surface area contributed by atoms with Crippen molar-refractivity contribution in [1.29, 1.82) is 0 Å². The minimum Gasteiger partial charge on any atom is -0.458 e. The van der Waals surface area contributed by atoms with Gasteiger partial charge in [0.05, 0.1) is 0 Å². The molecule has 32 heavy (non-hydrogen) atoms. The fourth-order valence-corrected chi connectivity index (χ4v) is 9.04. The molecule has 4 rings (SSSR count). The number of rotatable bonds is 2. The average molecular weight is 441 g/mol. The van der Waals surface area contributed by atoms with Crippen LogP contribution in [0.5, 0.6) is 0 Å². The summed E-state index contributed by atoms with van der Waals surface area (Å²) in [6.07, 6.45) is 16.0. The molecular weight excluding hydrogens is 400 g/mol. The Kier molecular flexibility index (Phi) is 5.03. The minimum absolute atomic E-state index is 0.0455. The molecule has 0 N–H and O–H groups in total. The Morgan fingerprint density at radius 2 is 1.47 bits per heavy atom. The van der Waals surface area contributed by atoms with Crippen molar-refractivity contribution in [2.75, 3.05) is 0 Å². The Morgan fingerprint density at radius 1 is 0.875 bits per heavy atom. The molecule has 0 aromatic heterocycles. The zero-order valence-corrected chi connectivity index (χ0v) is 21.0. The summed E-state index contributed by atoms with van der Waals surface area (Å²) in [5.41, 5.74) is 0.513. The number of esters is 2. The van der Waals surface area contributed by atoms with Gasteiger partial charge in [0.25, 0.3) is 0 Å². The molecule has 0 aromatic carbocycles. The number of terminal acetylenes is 1. The largest absolute Gasteiger partial charge is 0.458 e. The molecule has 0 aromatic rings. The molecule has 4 aliphatic rings. The lowest BCUT2D eigenvalue weighted by molar-refractivity contribution is -0.246. The molecule has 4 nitrogen and oxygen atoms in total. The van der Waals surface area contributed by atoms with Crippen molar-refractivity contribution in [3.8, 4) is 12.3 Å². The van der Waals surface area contributed by atoms with Gasteiger partial charge in [-0.15, -0.1) is 6.42 Å². The van der Waals surface area contributed by atoms with Crippen molar-refractivity contribution in [2.24, 2.45) is 27.1 Å². The second kappa shape index (κ2) is 6.87.